The van der Waals surface area contributed by atoms with Gasteiger partial charge in [-0.15, -0.1) is 0 Å². The minimum atomic E-state index is 0.133. The van der Waals surface area contributed by atoms with Gasteiger partial charge in [0.2, 0.25) is 0 Å². The summed E-state index contributed by atoms with van der Waals surface area (Å²) in [4.78, 5) is 5.30. The largest absolute Gasteiger partial charge is 0.389 e. The van der Waals surface area contributed by atoms with Crippen LogP contribution in [-0.2, 0) is 16.9 Å². The van der Waals surface area contributed by atoms with Crippen molar-refractivity contribution in [2.24, 2.45) is 10.9 Å². The highest BCUT2D eigenvalue weighted by molar-refractivity contribution is 5.97. The zero-order valence-electron chi connectivity index (χ0n) is 12.8. The Balaban J connectivity index is 1.99. The van der Waals surface area contributed by atoms with Crippen molar-refractivity contribution in [1.82, 2.24) is 0 Å². The van der Waals surface area contributed by atoms with Crippen molar-refractivity contribution in [3.8, 4) is 0 Å². The van der Waals surface area contributed by atoms with Crippen LogP contribution in [-0.4, -0.2) is 5.84 Å². The molecule has 0 aliphatic rings. The number of rotatable bonds is 4. The van der Waals surface area contributed by atoms with Crippen molar-refractivity contribution in [3.05, 3.63) is 71.3 Å². The van der Waals surface area contributed by atoms with E-state index < -0.39 is 0 Å². The molecule has 2 N–H and O–H groups in total. The molecule has 0 aromatic heterocycles. The second-order valence-corrected chi connectivity index (χ2v) is 6.06. The molecule has 0 spiro atoms. The van der Waals surface area contributed by atoms with Gasteiger partial charge in [-0.2, -0.15) is 0 Å². The summed E-state index contributed by atoms with van der Waals surface area (Å²) in [6, 6.07) is 18.0. The zero-order chi connectivity index (χ0) is 15.3. The molecule has 0 saturated carbocycles. The minimum absolute atomic E-state index is 0.133. The highest BCUT2D eigenvalue weighted by Gasteiger charge is 2.13. The number of oxime groups is 1. The first kappa shape index (κ1) is 15.1. The molecule has 0 bridgehead atoms. The normalized spacial score (nSPS) is 12.2. The van der Waals surface area contributed by atoms with Crippen molar-refractivity contribution in [3.63, 3.8) is 0 Å². The lowest BCUT2D eigenvalue weighted by Crippen LogP contribution is -2.15. The maximum absolute atomic E-state index is 5.94. The van der Waals surface area contributed by atoms with Gasteiger partial charge in [0.1, 0.15) is 6.61 Å². The van der Waals surface area contributed by atoms with E-state index in [1.165, 1.54) is 5.56 Å². The maximum Gasteiger partial charge on any atom is 0.170 e. The van der Waals surface area contributed by atoms with Crippen LogP contribution in [0.4, 0.5) is 0 Å². The third-order valence-electron chi connectivity index (χ3n) is 3.28. The molecule has 0 aliphatic carbocycles. The standard InChI is InChI=1S/C18H22N2O/c1-18(2,3)16-11-9-15(10-12-16)17(19)20-21-13-14-7-5-4-6-8-14/h4-12H,13H2,1-3H3,(H2,19,20). The lowest BCUT2D eigenvalue weighted by atomic mass is 9.87. The van der Waals surface area contributed by atoms with Crippen molar-refractivity contribution < 1.29 is 4.84 Å². The van der Waals surface area contributed by atoms with Crippen molar-refractivity contribution in [2.75, 3.05) is 0 Å². The Morgan fingerprint density at radius 2 is 1.62 bits per heavy atom. The van der Waals surface area contributed by atoms with Gasteiger partial charge in [0, 0.05) is 5.56 Å². The fraction of sp³-hybridized carbons (Fsp3) is 0.278. The number of amidine groups is 1. The van der Waals surface area contributed by atoms with Crippen LogP contribution < -0.4 is 5.73 Å². The molecule has 0 fully saturated rings. The molecular formula is C18H22N2O. The summed E-state index contributed by atoms with van der Waals surface area (Å²) in [6.45, 7) is 6.97. The Morgan fingerprint density at radius 3 is 2.19 bits per heavy atom. The molecule has 21 heavy (non-hydrogen) atoms. The highest BCUT2D eigenvalue weighted by atomic mass is 16.6. The molecule has 2 aromatic carbocycles. The first-order valence-corrected chi connectivity index (χ1v) is 7.07. The molecule has 0 heterocycles. The van der Waals surface area contributed by atoms with Crippen LogP contribution in [0, 0.1) is 0 Å². The quantitative estimate of drug-likeness (QED) is 0.526. The smallest absolute Gasteiger partial charge is 0.170 e. The first-order valence-electron chi connectivity index (χ1n) is 7.07. The van der Waals surface area contributed by atoms with Crippen LogP contribution in [0.3, 0.4) is 0 Å². The Bertz CT molecular complexity index is 595. The predicted molar refractivity (Wildman–Crippen MR) is 87.1 cm³/mol. The predicted octanol–water partition coefficient (Wildman–Crippen LogP) is 3.82. The van der Waals surface area contributed by atoms with Gasteiger partial charge >= 0.3 is 0 Å². The van der Waals surface area contributed by atoms with Gasteiger partial charge < -0.3 is 10.6 Å². The van der Waals surface area contributed by atoms with Crippen LogP contribution in [0.2, 0.25) is 0 Å². The Labute approximate surface area is 126 Å². The number of nitrogens with zero attached hydrogens (tertiary/aromatic N) is 1. The summed E-state index contributed by atoms with van der Waals surface area (Å²) in [5.41, 5.74) is 9.28. The lowest BCUT2D eigenvalue weighted by Gasteiger charge is -2.19. The maximum atomic E-state index is 5.94. The number of benzene rings is 2. The Kier molecular flexibility index (Phi) is 4.63. The van der Waals surface area contributed by atoms with Gasteiger partial charge in [0.25, 0.3) is 0 Å². The Morgan fingerprint density at radius 1 is 1.00 bits per heavy atom. The average molecular weight is 282 g/mol. The average Bonchev–Trinajstić information content (AvgIpc) is 2.47. The van der Waals surface area contributed by atoms with E-state index in [2.05, 4.69) is 38.1 Å². The van der Waals surface area contributed by atoms with Crippen molar-refractivity contribution >= 4 is 5.84 Å². The van der Waals surface area contributed by atoms with E-state index in [1.54, 1.807) is 0 Å². The molecule has 0 radical (unpaired) electrons. The lowest BCUT2D eigenvalue weighted by molar-refractivity contribution is 0.130. The van der Waals surface area contributed by atoms with Gasteiger partial charge in [0.15, 0.2) is 5.84 Å². The third-order valence-corrected chi connectivity index (χ3v) is 3.28. The van der Waals surface area contributed by atoms with Gasteiger partial charge in [-0.1, -0.05) is 80.5 Å². The van der Waals surface area contributed by atoms with E-state index in [0.717, 1.165) is 11.1 Å². The molecule has 2 aromatic rings. The fourth-order valence-corrected chi connectivity index (χ4v) is 1.94. The summed E-state index contributed by atoms with van der Waals surface area (Å²) < 4.78 is 0. The molecule has 0 amide bonds. The number of nitrogens with two attached hydrogens (primary N) is 1. The number of hydrogen-bond donors (Lipinski definition) is 1. The molecule has 0 saturated heterocycles. The van der Waals surface area contributed by atoms with Crippen molar-refractivity contribution in [1.29, 1.82) is 0 Å². The summed E-state index contributed by atoms with van der Waals surface area (Å²) >= 11 is 0. The molecule has 3 heteroatoms. The second-order valence-electron chi connectivity index (χ2n) is 6.06. The SMILES string of the molecule is CC(C)(C)c1ccc(/C(N)=N/OCc2ccccc2)cc1. The molecule has 0 atom stereocenters. The molecule has 2 rings (SSSR count). The summed E-state index contributed by atoms with van der Waals surface area (Å²) in [7, 11) is 0. The van der Waals surface area contributed by atoms with Gasteiger partial charge in [-0.3, -0.25) is 0 Å². The summed E-state index contributed by atoms with van der Waals surface area (Å²) in [5.74, 6) is 0.395. The third kappa shape index (κ3) is 4.35. The van der Waals surface area contributed by atoms with Gasteiger partial charge in [0.05, 0.1) is 0 Å². The molecule has 110 valence electrons. The van der Waals surface area contributed by atoms with E-state index in [-0.39, 0.29) is 5.41 Å². The topological polar surface area (TPSA) is 47.6 Å². The van der Waals surface area contributed by atoms with E-state index in [0.29, 0.717) is 12.4 Å². The fourth-order valence-electron chi connectivity index (χ4n) is 1.94. The molecular weight excluding hydrogens is 260 g/mol. The molecule has 0 aliphatic heterocycles. The van der Waals surface area contributed by atoms with E-state index in [9.17, 15) is 0 Å². The van der Waals surface area contributed by atoms with E-state index >= 15 is 0 Å². The number of hydrogen-bond acceptors (Lipinski definition) is 2. The molecule has 3 nitrogen and oxygen atoms in total. The van der Waals surface area contributed by atoms with Crippen LogP contribution >= 0.6 is 0 Å². The van der Waals surface area contributed by atoms with Crippen LogP contribution in [0.5, 0.6) is 0 Å². The van der Waals surface area contributed by atoms with Gasteiger partial charge in [-0.05, 0) is 16.5 Å². The van der Waals surface area contributed by atoms with Crippen LogP contribution in [0.25, 0.3) is 0 Å². The molecule has 0 unspecified atom stereocenters. The van der Waals surface area contributed by atoms with E-state index in [4.69, 9.17) is 10.6 Å². The van der Waals surface area contributed by atoms with Gasteiger partial charge in [-0.25, -0.2) is 0 Å². The van der Waals surface area contributed by atoms with Crippen LogP contribution in [0.15, 0.2) is 59.8 Å². The minimum Gasteiger partial charge on any atom is -0.389 e. The van der Waals surface area contributed by atoms with Crippen molar-refractivity contribution in [2.45, 2.75) is 32.8 Å². The summed E-state index contributed by atoms with van der Waals surface area (Å²) in [5, 5.41) is 3.98. The van der Waals surface area contributed by atoms with Crippen LogP contribution in [0.1, 0.15) is 37.5 Å². The zero-order valence-corrected chi connectivity index (χ0v) is 12.8. The van der Waals surface area contributed by atoms with E-state index in [1.807, 2.05) is 42.5 Å². The Hall–Kier alpha value is -2.29. The highest BCUT2D eigenvalue weighted by Crippen LogP contribution is 2.22. The first-order chi connectivity index (χ1) is 9.97. The monoisotopic (exact) mass is 282 g/mol. The summed E-state index contributed by atoms with van der Waals surface area (Å²) in [6.07, 6.45) is 0. The second kappa shape index (κ2) is 6.44.